The predicted molar refractivity (Wildman–Crippen MR) is 87.8 cm³/mol. The highest BCUT2D eigenvalue weighted by Crippen LogP contribution is 2.25. The molecule has 3 aromatic rings. The first-order valence-electron chi connectivity index (χ1n) is 6.68. The highest BCUT2D eigenvalue weighted by molar-refractivity contribution is 7.10. The smallest absolute Gasteiger partial charge is 0.119 e. The van der Waals surface area contributed by atoms with E-state index in [0.717, 1.165) is 34.1 Å². The van der Waals surface area contributed by atoms with Crippen LogP contribution in [0.25, 0.3) is 11.3 Å². The van der Waals surface area contributed by atoms with E-state index < -0.39 is 0 Å². The Hall–Kier alpha value is -2.33. The van der Waals surface area contributed by atoms with Gasteiger partial charge in [-0.15, -0.1) is 11.3 Å². The number of rotatable bonds is 4. The molecule has 0 unspecified atom stereocenters. The van der Waals surface area contributed by atoms with Crippen molar-refractivity contribution in [3.05, 3.63) is 64.5 Å². The number of methoxy groups -OCH3 is 1. The monoisotopic (exact) mass is 296 g/mol. The molecular weight excluding hydrogens is 280 g/mol. The summed E-state index contributed by atoms with van der Waals surface area (Å²) in [7, 11) is 1.68. The van der Waals surface area contributed by atoms with Crippen LogP contribution in [0.2, 0.25) is 0 Å². The number of thiazole rings is 1. The van der Waals surface area contributed by atoms with Crippen LogP contribution in [0.1, 0.15) is 10.6 Å². The first-order chi connectivity index (χ1) is 10.2. The molecular formula is C17H16N2OS. The zero-order chi connectivity index (χ0) is 14.7. The first kappa shape index (κ1) is 13.6. The van der Waals surface area contributed by atoms with Gasteiger partial charge in [0.05, 0.1) is 17.8 Å². The lowest BCUT2D eigenvalue weighted by atomic mass is 10.1. The van der Waals surface area contributed by atoms with Crippen molar-refractivity contribution >= 4 is 17.0 Å². The molecule has 0 fully saturated rings. The summed E-state index contributed by atoms with van der Waals surface area (Å²) in [5, 5.41) is 3.16. The van der Waals surface area contributed by atoms with Crippen molar-refractivity contribution in [3.63, 3.8) is 0 Å². The van der Waals surface area contributed by atoms with Gasteiger partial charge in [0.15, 0.2) is 0 Å². The Balaban J connectivity index is 1.81. The minimum atomic E-state index is 0.759. The number of hydrogen-bond acceptors (Lipinski definition) is 4. The Labute approximate surface area is 128 Å². The van der Waals surface area contributed by atoms with Crippen LogP contribution >= 0.6 is 11.3 Å². The third-order valence-electron chi connectivity index (χ3n) is 3.22. The van der Waals surface area contributed by atoms with E-state index in [9.17, 15) is 0 Å². The van der Waals surface area contributed by atoms with E-state index in [1.165, 1.54) is 5.56 Å². The van der Waals surface area contributed by atoms with E-state index >= 15 is 0 Å². The molecule has 0 atom stereocenters. The van der Waals surface area contributed by atoms with Crippen molar-refractivity contribution in [3.8, 4) is 17.0 Å². The molecule has 0 saturated carbocycles. The molecule has 0 radical (unpaired) electrons. The number of anilines is 1. The van der Waals surface area contributed by atoms with E-state index in [-0.39, 0.29) is 0 Å². The van der Waals surface area contributed by atoms with Crippen molar-refractivity contribution in [2.45, 2.75) is 6.42 Å². The van der Waals surface area contributed by atoms with Crippen LogP contribution in [0.4, 0.5) is 5.69 Å². The topological polar surface area (TPSA) is 48.1 Å². The van der Waals surface area contributed by atoms with E-state index in [4.69, 9.17) is 15.5 Å². The molecule has 3 nitrogen and oxygen atoms in total. The average molecular weight is 296 g/mol. The van der Waals surface area contributed by atoms with E-state index in [1.54, 1.807) is 18.4 Å². The molecule has 4 heteroatoms. The number of hydrogen-bond donors (Lipinski definition) is 1. The molecule has 21 heavy (non-hydrogen) atoms. The fraction of sp³-hybridized carbons (Fsp3) is 0.118. The van der Waals surface area contributed by atoms with Crippen LogP contribution in [0.5, 0.6) is 5.75 Å². The summed E-state index contributed by atoms with van der Waals surface area (Å²) in [5.41, 5.74) is 9.81. The maximum absolute atomic E-state index is 5.82. The van der Waals surface area contributed by atoms with Crippen LogP contribution in [0, 0.1) is 0 Å². The van der Waals surface area contributed by atoms with Crippen LogP contribution in [-0.4, -0.2) is 12.1 Å². The minimum absolute atomic E-state index is 0.759. The number of nitrogen functional groups attached to an aromatic ring is 1. The van der Waals surface area contributed by atoms with Crippen molar-refractivity contribution in [2.24, 2.45) is 0 Å². The zero-order valence-electron chi connectivity index (χ0n) is 11.7. The number of aromatic nitrogens is 1. The molecule has 0 aliphatic carbocycles. The van der Waals surface area contributed by atoms with Crippen LogP contribution in [0.3, 0.4) is 0 Å². The van der Waals surface area contributed by atoms with Gasteiger partial charge < -0.3 is 10.5 Å². The normalized spacial score (nSPS) is 10.5. The Morgan fingerprint density at radius 2 is 2.00 bits per heavy atom. The second-order valence-corrected chi connectivity index (χ2v) is 5.72. The molecule has 0 amide bonds. The van der Waals surface area contributed by atoms with Gasteiger partial charge in [-0.2, -0.15) is 0 Å². The lowest BCUT2D eigenvalue weighted by Gasteiger charge is -2.02. The molecule has 1 heterocycles. The van der Waals surface area contributed by atoms with Gasteiger partial charge in [-0.05, 0) is 29.8 Å². The zero-order valence-corrected chi connectivity index (χ0v) is 12.6. The van der Waals surface area contributed by atoms with Crippen LogP contribution < -0.4 is 10.5 Å². The van der Waals surface area contributed by atoms with Crippen LogP contribution in [-0.2, 0) is 6.42 Å². The molecule has 2 N–H and O–H groups in total. The maximum atomic E-state index is 5.82. The molecule has 0 aliphatic heterocycles. The van der Waals surface area contributed by atoms with E-state index in [2.05, 4.69) is 11.4 Å². The predicted octanol–water partition coefficient (Wildman–Crippen LogP) is 3.99. The molecule has 0 aliphatic rings. The summed E-state index contributed by atoms with van der Waals surface area (Å²) >= 11 is 1.67. The fourth-order valence-corrected chi connectivity index (χ4v) is 3.02. The maximum Gasteiger partial charge on any atom is 0.119 e. The number of nitrogens with two attached hydrogens (primary N) is 1. The van der Waals surface area contributed by atoms with Gasteiger partial charge in [0, 0.05) is 23.1 Å². The summed E-state index contributed by atoms with van der Waals surface area (Å²) in [6.45, 7) is 0. The summed E-state index contributed by atoms with van der Waals surface area (Å²) in [6, 6.07) is 15.9. The molecule has 0 bridgehead atoms. The second-order valence-electron chi connectivity index (χ2n) is 4.78. The highest BCUT2D eigenvalue weighted by atomic mass is 32.1. The summed E-state index contributed by atoms with van der Waals surface area (Å²) in [6.07, 6.45) is 0.810. The number of benzene rings is 2. The van der Waals surface area contributed by atoms with E-state index in [1.807, 2.05) is 42.5 Å². The fourth-order valence-electron chi connectivity index (χ4n) is 2.18. The Bertz CT molecular complexity index is 752. The minimum Gasteiger partial charge on any atom is -0.497 e. The molecule has 0 saturated heterocycles. The lowest BCUT2D eigenvalue weighted by Crippen LogP contribution is -1.90. The van der Waals surface area contributed by atoms with Gasteiger partial charge in [0.1, 0.15) is 5.75 Å². The molecule has 2 aromatic carbocycles. The van der Waals surface area contributed by atoms with Gasteiger partial charge in [0.25, 0.3) is 0 Å². The highest BCUT2D eigenvalue weighted by Gasteiger charge is 2.06. The van der Waals surface area contributed by atoms with Gasteiger partial charge >= 0.3 is 0 Å². The van der Waals surface area contributed by atoms with Crippen molar-refractivity contribution in [2.75, 3.05) is 12.8 Å². The Morgan fingerprint density at radius 3 is 2.81 bits per heavy atom. The second kappa shape index (κ2) is 5.97. The van der Waals surface area contributed by atoms with Crippen LogP contribution in [0.15, 0.2) is 53.9 Å². The SMILES string of the molecule is COc1cccc(Cc2nc(-c3cccc(N)c3)cs2)c1. The van der Waals surface area contributed by atoms with Crippen molar-refractivity contribution in [1.29, 1.82) is 0 Å². The summed E-state index contributed by atoms with van der Waals surface area (Å²) < 4.78 is 5.25. The van der Waals surface area contributed by atoms with Gasteiger partial charge in [-0.25, -0.2) is 4.98 Å². The Kier molecular flexibility index (Phi) is 3.88. The lowest BCUT2D eigenvalue weighted by molar-refractivity contribution is 0.414. The van der Waals surface area contributed by atoms with E-state index in [0.29, 0.717) is 0 Å². The van der Waals surface area contributed by atoms with Crippen molar-refractivity contribution in [1.82, 2.24) is 4.98 Å². The molecule has 106 valence electrons. The number of nitrogens with zero attached hydrogens (tertiary/aromatic N) is 1. The molecule has 0 spiro atoms. The summed E-state index contributed by atoms with van der Waals surface area (Å²) in [5.74, 6) is 0.875. The van der Waals surface area contributed by atoms with Gasteiger partial charge in [-0.3, -0.25) is 0 Å². The van der Waals surface area contributed by atoms with Crippen molar-refractivity contribution < 1.29 is 4.74 Å². The summed E-state index contributed by atoms with van der Waals surface area (Å²) in [4.78, 5) is 4.69. The van der Waals surface area contributed by atoms with Gasteiger partial charge in [-0.1, -0.05) is 24.3 Å². The quantitative estimate of drug-likeness (QED) is 0.740. The average Bonchev–Trinajstić information content (AvgIpc) is 2.96. The van der Waals surface area contributed by atoms with Gasteiger partial charge in [0.2, 0.25) is 0 Å². The largest absolute Gasteiger partial charge is 0.497 e. The molecule has 1 aromatic heterocycles. The standard InChI is InChI=1S/C17H16N2OS/c1-20-15-7-2-4-12(8-15)9-17-19-16(11-21-17)13-5-3-6-14(18)10-13/h2-8,10-11H,9,18H2,1H3. The molecule has 3 rings (SSSR count). The third-order valence-corrected chi connectivity index (χ3v) is 4.07. The third kappa shape index (κ3) is 3.23. The number of ether oxygens (including phenoxy) is 1. The Morgan fingerprint density at radius 1 is 1.14 bits per heavy atom. The first-order valence-corrected chi connectivity index (χ1v) is 7.56.